The van der Waals surface area contributed by atoms with Crippen LogP contribution in [0, 0.1) is 6.92 Å². The van der Waals surface area contributed by atoms with Crippen LogP contribution in [0.25, 0.3) is 0 Å². The highest BCUT2D eigenvalue weighted by molar-refractivity contribution is 6.30. The van der Waals surface area contributed by atoms with E-state index >= 15 is 0 Å². The Labute approximate surface area is 126 Å². The SMILES string of the molecule is CCOc1n[nH]c(NC(=O)COc2ccc(Cl)cc2C)n1. The third kappa shape index (κ3) is 4.35. The molecule has 7 nitrogen and oxygen atoms in total. The van der Waals surface area contributed by atoms with Crippen molar-refractivity contribution < 1.29 is 14.3 Å². The zero-order chi connectivity index (χ0) is 15.2. The number of nitrogens with zero attached hydrogens (tertiary/aromatic N) is 2. The number of ether oxygens (including phenoxy) is 2. The molecule has 0 aliphatic rings. The van der Waals surface area contributed by atoms with Crippen LogP contribution < -0.4 is 14.8 Å². The minimum absolute atomic E-state index is 0.146. The van der Waals surface area contributed by atoms with Crippen LogP contribution in [-0.2, 0) is 4.79 Å². The van der Waals surface area contributed by atoms with Gasteiger partial charge in [0.1, 0.15) is 5.75 Å². The maximum atomic E-state index is 11.7. The van der Waals surface area contributed by atoms with E-state index < -0.39 is 0 Å². The molecule has 2 N–H and O–H groups in total. The predicted molar refractivity (Wildman–Crippen MR) is 77.9 cm³/mol. The van der Waals surface area contributed by atoms with Crippen LogP contribution in [0.15, 0.2) is 18.2 Å². The molecule has 0 radical (unpaired) electrons. The number of anilines is 1. The lowest BCUT2D eigenvalue weighted by Gasteiger charge is -2.08. The van der Waals surface area contributed by atoms with Gasteiger partial charge in [0.15, 0.2) is 6.61 Å². The van der Waals surface area contributed by atoms with Crippen molar-refractivity contribution in [2.24, 2.45) is 0 Å². The molecule has 21 heavy (non-hydrogen) atoms. The number of rotatable bonds is 6. The number of aromatic amines is 1. The van der Waals surface area contributed by atoms with Gasteiger partial charge in [-0.1, -0.05) is 11.6 Å². The number of halogens is 1. The minimum Gasteiger partial charge on any atom is -0.483 e. The fourth-order valence-corrected chi connectivity index (χ4v) is 1.81. The second-order valence-corrected chi connectivity index (χ2v) is 4.58. The van der Waals surface area contributed by atoms with Gasteiger partial charge < -0.3 is 9.47 Å². The first-order chi connectivity index (χ1) is 10.1. The van der Waals surface area contributed by atoms with Crippen molar-refractivity contribution in [1.82, 2.24) is 15.2 Å². The first-order valence-electron chi connectivity index (χ1n) is 6.32. The molecule has 8 heteroatoms. The van der Waals surface area contributed by atoms with Crippen molar-refractivity contribution in [2.75, 3.05) is 18.5 Å². The summed E-state index contributed by atoms with van der Waals surface area (Å²) in [5, 5.41) is 9.46. The van der Waals surface area contributed by atoms with E-state index in [-0.39, 0.29) is 24.5 Å². The summed E-state index contributed by atoms with van der Waals surface area (Å²) < 4.78 is 10.5. The molecule has 0 unspecified atom stereocenters. The zero-order valence-electron chi connectivity index (χ0n) is 11.6. The van der Waals surface area contributed by atoms with E-state index in [1.54, 1.807) is 18.2 Å². The molecule has 0 aliphatic heterocycles. The van der Waals surface area contributed by atoms with E-state index in [4.69, 9.17) is 21.1 Å². The molecule has 0 saturated heterocycles. The van der Waals surface area contributed by atoms with E-state index in [9.17, 15) is 4.79 Å². The number of carbonyl (C=O) groups is 1. The van der Waals surface area contributed by atoms with Gasteiger partial charge in [-0.2, -0.15) is 4.98 Å². The summed E-state index contributed by atoms with van der Waals surface area (Å²) in [4.78, 5) is 15.7. The number of amides is 1. The Morgan fingerprint density at radius 1 is 1.43 bits per heavy atom. The van der Waals surface area contributed by atoms with Gasteiger partial charge in [-0.15, -0.1) is 5.10 Å². The minimum atomic E-state index is -0.358. The smallest absolute Gasteiger partial charge is 0.337 e. The molecule has 0 fully saturated rings. The molecule has 0 spiro atoms. The normalized spacial score (nSPS) is 10.2. The first-order valence-corrected chi connectivity index (χ1v) is 6.70. The van der Waals surface area contributed by atoms with E-state index in [1.807, 2.05) is 13.8 Å². The van der Waals surface area contributed by atoms with Crippen molar-refractivity contribution in [2.45, 2.75) is 13.8 Å². The molecule has 0 atom stereocenters. The molecule has 0 bridgehead atoms. The zero-order valence-corrected chi connectivity index (χ0v) is 12.4. The maximum Gasteiger partial charge on any atom is 0.337 e. The van der Waals surface area contributed by atoms with Gasteiger partial charge in [-0.3, -0.25) is 10.1 Å². The Kier molecular flexibility index (Phi) is 4.99. The second-order valence-electron chi connectivity index (χ2n) is 4.15. The Morgan fingerprint density at radius 3 is 2.95 bits per heavy atom. The van der Waals surface area contributed by atoms with Crippen molar-refractivity contribution in [3.8, 4) is 11.8 Å². The van der Waals surface area contributed by atoms with Gasteiger partial charge in [0.05, 0.1) is 6.61 Å². The Balaban J connectivity index is 1.86. The van der Waals surface area contributed by atoms with Crippen LogP contribution >= 0.6 is 11.6 Å². The molecular weight excluding hydrogens is 296 g/mol. The first kappa shape index (κ1) is 15.1. The molecule has 0 saturated carbocycles. The lowest BCUT2D eigenvalue weighted by Crippen LogP contribution is -2.21. The Hall–Kier alpha value is -2.28. The van der Waals surface area contributed by atoms with E-state index in [0.717, 1.165) is 5.56 Å². The number of H-pyrrole nitrogens is 1. The van der Waals surface area contributed by atoms with Crippen LogP contribution in [0.3, 0.4) is 0 Å². The monoisotopic (exact) mass is 310 g/mol. The summed E-state index contributed by atoms with van der Waals surface area (Å²) in [5.74, 6) is 0.450. The number of aryl methyl sites for hydroxylation is 1. The Bertz CT molecular complexity index is 630. The lowest BCUT2D eigenvalue weighted by molar-refractivity contribution is -0.118. The molecule has 1 aromatic heterocycles. The fourth-order valence-electron chi connectivity index (χ4n) is 1.58. The van der Waals surface area contributed by atoms with Gasteiger partial charge in [-0.25, -0.2) is 5.10 Å². The molecular formula is C13H15ClN4O3. The summed E-state index contributed by atoms with van der Waals surface area (Å²) in [6, 6.07) is 5.36. The molecule has 1 heterocycles. The number of aromatic nitrogens is 3. The molecule has 112 valence electrons. The molecule has 0 aliphatic carbocycles. The van der Waals surface area contributed by atoms with Gasteiger partial charge >= 0.3 is 6.01 Å². The summed E-state index contributed by atoms with van der Waals surface area (Å²) in [5.41, 5.74) is 0.855. The highest BCUT2D eigenvalue weighted by Crippen LogP contribution is 2.21. The average molecular weight is 311 g/mol. The largest absolute Gasteiger partial charge is 0.483 e. The van der Waals surface area contributed by atoms with Crippen molar-refractivity contribution in [1.29, 1.82) is 0 Å². The maximum absolute atomic E-state index is 11.7. The van der Waals surface area contributed by atoms with Gasteiger partial charge in [0, 0.05) is 5.02 Å². The summed E-state index contributed by atoms with van der Waals surface area (Å²) in [7, 11) is 0. The number of carbonyl (C=O) groups excluding carboxylic acids is 1. The standard InChI is InChI=1S/C13H15ClN4O3/c1-3-20-13-16-12(17-18-13)15-11(19)7-21-10-5-4-9(14)6-8(10)2/h4-6H,3,7H2,1-2H3,(H2,15,16,17,18,19). The highest BCUT2D eigenvalue weighted by Gasteiger charge is 2.09. The van der Waals surface area contributed by atoms with Gasteiger partial charge in [-0.05, 0) is 37.6 Å². The number of nitrogens with one attached hydrogen (secondary N) is 2. The lowest BCUT2D eigenvalue weighted by atomic mass is 10.2. The van der Waals surface area contributed by atoms with Crippen molar-refractivity contribution in [3.05, 3.63) is 28.8 Å². The fraction of sp³-hybridized carbons (Fsp3) is 0.308. The van der Waals surface area contributed by atoms with Crippen LogP contribution in [0.2, 0.25) is 5.02 Å². The van der Waals surface area contributed by atoms with Crippen molar-refractivity contribution in [3.63, 3.8) is 0 Å². The summed E-state index contributed by atoms with van der Waals surface area (Å²) in [6.45, 7) is 3.97. The third-order valence-corrected chi connectivity index (χ3v) is 2.73. The van der Waals surface area contributed by atoms with E-state index in [2.05, 4.69) is 20.5 Å². The highest BCUT2D eigenvalue weighted by atomic mass is 35.5. The Morgan fingerprint density at radius 2 is 2.24 bits per heavy atom. The molecule has 1 amide bonds. The van der Waals surface area contributed by atoms with Crippen LogP contribution in [0.1, 0.15) is 12.5 Å². The second kappa shape index (κ2) is 6.94. The number of hydrogen-bond donors (Lipinski definition) is 2. The van der Waals surface area contributed by atoms with Crippen LogP contribution in [0.5, 0.6) is 11.8 Å². The van der Waals surface area contributed by atoms with Crippen LogP contribution in [-0.4, -0.2) is 34.3 Å². The van der Waals surface area contributed by atoms with Gasteiger partial charge in [0.25, 0.3) is 5.91 Å². The van der Waals surface area contributed by atoms with E-state index in [0.29, 0.717) is 17.4 Å². The summed E-state index contributed by atoms with van der Waals surface area (Å²) >= 11 is 5.85. The van der Waals surface area contributed by atoms with Crippen molar-refractivity contribution >= 4 is 23.5 Å². The predicted octanol–water partition coefficient (Wildman–Crippen LogP) is 2.18. The third-order valence-electron chi connectivity index (χ3n) is 2.49. The number of hydrogen-bond acceptors (Lipinski definition) is 5. The quantitative estimate of drug-likeness (QED) is 0.853. The molecule has 2 aromatic rings. The number of benzene rings is 1. The topological polar surface area (TPSA) is 89.1 Å². The molecule has 2 rings (SSSR count). The van der Waals surface area contributed by atoms with E-state index in [1.165, 1.54) is 0 Å². The van der Waals surface area contributed by atoms with Gasteiger partial charge in [0.2, 0.25) is 5.95 Å². The summed E-state index contributed by atoms with van der Waals surface area (Å²) in [6.07, 6.45) is 0. The average Bonchev–Trinajstić information content (AvgIpc) is 2.85. The van der Waals surface area contributed by atoms with Crippen LogP contribution in [0.4, 0.5) is 5.95 Å². The molecule has 1 aromatic carbocycles.